The molecule has 0 aromatic heterocycles. The van der Waals surface area contributed by atoms with Crippen LogP contribution in [0.1, 0.15) is 64.3 Å². The third kappa shape index (κ3) is 9.01. The van der Waals surface area contributed by atoms with Crippen LogP contribution < -0.4 is 9.47 Å². The Morgan fingerprint density at radius 1 is 0.542 bits per heavy atom. The maximum atomic E-state index is 13.0. The molecular formula is C44H42O4. The molecule has 5 rings (SSSR count). The third-order valence-electron chi connectivity index (χ3n) is 8.67. The standard InChI is InChI=1S/C44H42O4/c1-5-33-8-14-36(15-9-33)30-46-41-24-20-39(21-25-41)44(4,29-28-43(45)48-32-38-18-12-35(7-3)13-19-38)40-22-26-42(27-23-40)47-31-37-16-10-34(6-2)11-17-37/h5-27H,1-3,28-32H2,4H3. The minimum absolute atomic E-state index is 0.234. The van der Waals surface area contributed by atoms with E-state index < -0.39 is 5.41 Å². The van der Waals surface area contributed by atoms with E-state index in [1.165, 1.54) is 0 Å². The van der Waals surface area contributed by atoms with E-state index in [9.17, 15) is 4.79 Å². The van der Waals surface area contributed by atoms with Crippen molar-refractivity contribution in [2.45, 2.75) is 45.0 Å². The molecule has 0 unspecified atom stereocenters. The van der Waals surface area contributed by atoms with Crippen LogP contribution in [0.2, 0.25) is 0 Å². The van der Waals surface area contributed by atoms with Gasteiger partial charge in [0, 0.05) is 11.8 Å². The van der Waals surface area contributed by atoms with Gasteiger partial charge in [0.05, 0.1) is 0 Å². The molecule has 0 spiro atoms. The molecular weight excluding hydrogens is 592 g/mol. The van der Waals surface area contributed by atoms with E-state index in [2.05, 4.69) is 50.9 Å². The molecule has 48 heavy (non-hydrogen) atoms. The summed E-state index contributed by atoms with van der Waals surface area (Å²) in [4.78, 5) is 13.0. The molecule has 5 aromatic carbocycles. The Morgan fingerprint density at radius 3 is 1.25 bits per heavy atom. The number of carbonyl (C=O) groups is 1. The maximum Gasteiger partial charge on any atom is 0.306 e. The fourth-order valence-corrected chi connectivity index (χ4v) is 5.46. The lowest BCUT2D eigenvalue weighted by molar-refractivity contribution is -0.145. The Balaban J connectivity index is 1.28. The van der Waals surface area contributed by atoms with Gasteiger partial charge < -0.3 is 14.2 Å². The zero-order valence-corrected chi connectivity index (χ0v) is 27.6. The van der Waals surface area contributed by atoms with E-state index in [1.807, 2.05) is 109 Å². The molecule has 4 nitrogen and oxygen atoms in total. The molecule has 0 N–H and O–H groups in total. The van der Waals surface area contributed by atoms with E-state index >= 15 is 0 Å². The van der Waals surface area contributed by atoms with E-state index in [0.717, 1.165) is 56.0 Å². The summed E-state index contributed by atoms with van der Waals surface area (Å²) in [5.74, 6) is 1.32. The largest absolute Gasteiger partial charge is 0.489 e. The van der Waals surface area contributed by atoms with E-state index in [1.54, 1.807) is 6.08 Å². The molecule has 0 heterocycles. The first-order valence-electron chi connectivity index (χ1n) is 16.1. The second-order valence-electron chi connectivity index (χ2n) is 12.0. The second-order valence-corrected chi connectivity index (χ2v) is 12.0. The average Bonchev–Trinajstić information content (AvgIpc) is 3.15. The molecule has 0 fully saturated rings. The van der Waals surface area contributed by atoms with Gasteiger partial charge in [0.2, 0.25) is 0 Å². The van der Waals surface area contributed by atoms with Gasteiger partial charge in [0.25, 0.3) is 0 Å². The number of carbonyl (C=O) groups excluding carboxylic acids is 1. The van der Waals surface area contributed by atoms with Crippen LogP contribution in [-0.2, 0) is 34.8 Å². The summed E-state index contributed by atoms with van der Waals surface area (Å²) in [5.41, 5.74) is 7.97. The summed E-state index contributed by atoms with van der Waals surface area (Å²) in [5, 5.41) is 0. The molecule has 242 valence electrons. The van der Waals surface area contributed by atoms with Gasteiger partial charge in [0.15, 0.2) is 0 Å². The number of hydrogen-bond acceptors (Lipinski definition) is 4. The minimum Gasteiger partial charge on any atom is -0.489 e. The molecule has 0 saturated heterocycles. The van der Waals surface area contributed by atoms with Crippen LogP contribution in [0.25, 0.3) is 18.2 Å². The van der Waals surface area contributed by atoms with Crippen LogP contribution in [0, 0.1) is 0 Å². The Bertz CT molecular complexity index is 1700. The first kappa shape index (κ1) is 33.7. The molecule has 0 aliphatic rings. The zero-order valence-electron chi connectivity index (χ0n) is 27.6. The predicted molar refractivity (Wildman–Crippen MR) is 197 cm³/mol. The topological polar surface area (TPSA) is 44.8 Å². The van der Waals surface area contributed by atoms with Crippen LogP contribution >= 0.6 is 0 Å². The SMILES string of the molecule is C=Cc1ccc(COC(=O)CCC(C)(c2ccc(OCc3ccc(C=C)cc3)cc2)c2ccc(OCc3ccc(C=C)cc3)cc2)cc1. The van der Waals surface area contributed by atoms with Crippen molar-refractivity contribution >= 4 is 24.2 Å². The Morgan fingerprint density at radius 2 is 0.896 bits per heavy atom. The van der Waals surface area contributed by atoms with Crippen molar-refractivity contribution in [1.82, 2.24) is 0 Å². The van der Waals surface area contributed by atoms with Gasteiger partial charge in [-0.15, -0.1) is 0 Å². The highest BCUT2D eigenvalue weighted by Gasteiger charge is 2.30. The van der Waals surface area contributed by atoms with E-state index in [0.29, 0.717) is 19.6 Å². The minimum atomic E-state index is -0.470. The number of hydrogen-bond donors (Lipinski definition) is 0. The lowest BCUT2D eigenvalue weighted by Gasteiger charge is -2.31. The van der Waals surface area contributed by atoms with Crippen molar-refractivity contribution in [3.63, 3.8) is 0 Å². The average molecular weight is 635 g/mol. The normalized spacial score (nSPS) is 10.9. The van der Waals surface area contributed by atoms with Gasteiger partial charge in [-0.2, -0.15) is 0 Å². The molecule has 4 heteroatoms. The molecule has 0 aliphatic heterocycles. The van der Waals surface area contributed by atoms with Crippen molar-refractivity contribution in [2.75, 3.05) is 0 Å². The smallest absolute Gasteiger partial charge is 0.306 e. The monoisotopic (exact) mass is 634 g/mol. The second kappa shape index (κ2) is 16.3. The quantitative estimate of drug-likeness (QED) is 0.101. The van der Waals surface area contributed by atoms with E-state index in [-0.39, 0.29) is 19.0 Å². The molecule has 0 bridgehead atoms. The van der Waals surface area contributed by atoms with Crippen LogP contribution in [0.3, 0.4) is 0 Å². The highest BCUT2D eigenvalue weighted by Crippen LogP contribution is 2.38. The van der Waals surface area contributed by atoms with Crippen LogP contribution in [0.4, 0.5) is 0 Å². The van der Waals surface area contributed by atoms with E-state index in [4.69, 9.17) is 14.2 Å². The van der Waals surface area contributed by atoms with Gasteiger partial charge >= 0.3 is 5.97 Å². The van der Waals surface area contributed by atoms with Gasteiger partial charge in [0.1, 0.15) is 31.3 Å². The molecule has 0 atom stereocenters. The fraction of sp³-hybridized carbons (Fsp3) is 0.159. The summed E-state index contributed by atoms with van der Waals surface area (Å²) in [6.07, 6.45) is 6.27. The van der Waals surface area contributed by atoms with Gasteiger partial charge in [-0.3, -0.25) is 4.79 Å². The Labute approximate surface area is 284 Å². The maximum absolute atomic E-state index is 13.0. The van der Waals surface area contributed by atoms with Crippen LogP contribution in [0.5, 0.6) is 11.5 Å². The first-order chi connectivity index (χ1) is 23.4. The van der Waals surface area contributed by atoms with Crippen LogP contribution in [0.15, 0.2) is 141 Å². The third-order valence-corrected chi connectivity index (χ3v) is 8.67. The van der Waals surface area contributed by atoms with Gasteiger partial charge in [-0.1, -0.05) is 142 Å². The van der Waals surface area contributed by atoms with Crippen molar-refractivity contribution in [3.8, 4) is 11.5 Å². The molecule has 0 radical (unpaired) electrons. The van der Waals surface area contributed by atoms with Gasteiger partial charge in [-0.25, -0.2) is 0 Å². The first-order valence-corrected chi connectivity index (χ1v) is 16.1. The molecule has 0 amide bonds. The number of rotatable bonds is 16. The number of benzene rings is 5. The lowest BCUT2D eigenvalue weighted by Crippen LogP contribution is -2.25. The molecule has 0 aliphatic carbocycles. The van der Waals surface area contributed by atoms with Crippen molar-refractivity contribution in [1.29, 1.82) is 0 Å². The Kier molecular flexibility index (Phi) is 11.4. The summed E-state index contributed by atoms with van der Waals surface area (Å²) >= 11 is 0. The lowest BCUT2D eigenvalue weighted by atomic mass is 9.73. The number of ether oxygens (including phenoxy) is 3. The summed E-state index contributed by atoms with van der Waals surface area (Å²) in [6, 6.07) is 40.4. The highest BCUT2D eigenvalue weighted by molar-refractivity contribution is 5.70. The van der Waals surface area contributed by atoms with Crippen molar-refractivity contribution in [3.05, 3.63) is 186 Å². The Hall–Kier alpha value is -5.61. The fourth-order valence-electron chi connectivity index (χ4n) is 5.46. The highest BCUT2D eigenvalue weighted by atomic mass is 16.5. The van der Waals surface area contributed by atoms with Crippen LogP contribution in [-0.4, -0.2) is 5.97 Å². The molecule has 0 saturated carbocycles. The summed E-state index contributed by atoms with van der Waals surface area (Å²) < 4.78 is 17.9. The van der Waals surface area contributed by atoms with Crippen molar-refractivity contribution in [2.24, 2.45) is 0 Å². The number of esters is 1. The predicted octanol–water partition coefficient (Wildman–Crippen LogP) is 10.6. The van der Waals surface area contributed by atoms with Crippen molar-refractivity contribution < 1.29 is 19.0 Å². The summed E-state index contributed by atoms with van der Waals surface area (Å²) in [7, 11) is 0. The zero-order chi connectivity index (χ0) is 33.8. The van der Waals surface area contributed by atoms with Gasteiger partial charge in [-0.05, 0) is 75.2 Å². The molecule has 5 aromatic rings. The summed E-state index contributed by atoms with van der Waals surface area (Å²) in [6.45, 7) is 14.8.